The number of nitrogens with one attached hydrogen (secondary N) is 2. The number of hydrogen-bond donors (Lipinski definition) is 2. The number of halogens is 1. The highest BCUT2D eigenvalue weighted by Gasteiger charge is 2.18. The molecule has 170 valence electrons. The SMILES string of the molecule is CCc1ccc(C(C#N)NC(=O)c2cn(CCNC(=O)c3ccc(Cl)cc3OC)nn2)cc1. The molecule has 0 saturated carbocycles. The molecule has 33 heavy (non-hydrogen) atoms. The number of nitriles is 1. The van der Waals surface area contributed by atoms with Crippen LogP contribution in [0.5, 0.6) is 5.75 Å². The highest BCUT2D eigenvalue weighted by molar-refractivity contribution is 6.30. The van der Waals surface area contributed by atoms with Crippen molar-refractivity contribution in [1.29, 1.82) is 5.26 Å². The van der Waals surface area contributed by atoms with Gasteiger partial charge in [0, 0.05) is 11.6 Å². The Labute approximate surface area is 196 Å². The average Bonchev–Trinajstić information content (AvgIpc) is 3.31. The summed E-state index contributed by atoms with van der Waals surface area (Å²) in [6.07, 6.45) is 2.35. The molecular formula is C23H23ClN6O3. The fourth-order valence-corrected chi connectivity index (χ4v) is 3.25. The third-order valence-electron chi connectivity index (χ3n) is 4.93. The number of amides is 2. The first kappa shape index (κ1) is 23.8. The molecule has 9 nitrogen and oxygen atoms in total. The van der Waals surface area contributed by atoms with E-state index in [4.69, 9.17) is 16.3 Å². The number of benzene rings is 2. The molecule has 2 N–H and O–H groups in total. The lowest BCUT2D eigenvalue weighted by Crippen LogP contribution is -2.28. The van der Waals surface area contributed by atoms with E-state index in [9.17, 15) is 14.9 Å². The lowest BCUT2D eigenvalue weighted by atomic mass is 10.0. The number of carbonyl (C=O) groups is 2. The molecule has 0 saturated heterocycles. The molecule has 1 unspecified atom stereocenters. The van der Waals surface area contributed by atoms with Crippen LogP contribution in [0, 0.1) is 11.3 Å². The van der Waals surface area contributed by atoms with Crippen LogP contribution in [0.1, 0.15) is 44.9 Å². The smallest absolute Gasteiger partial charge is 0.274 e. The van der Waals surface area contributed by atoms with Crippen LogP contribution >= 0.6 is 11.6 Å². The van der Waals surface area contributed by atoms with E-state index >= 15 is 0 Å². The summed E-state index contributed by atoms with van der Waals surface area (Å²) >= 11 is 5.92. The van der Waals surface area contributed by atoms with Gasteiger partial charge in [-0.3, -0.25) is 9.59 Å². The van der Waals surface area contributed by atoms with Crippen LogP contribution in [0.25, 0.3) is 0 Å². The number of aromatic nitrogens is 3. The average molecular weight is 467 g/mol. The summed E-state index contributed by atoms with van der Waals surface area (Å²) in [5.41, 5.74) is 2.27. The van der Waals surface area contributed by atoms with Crippen molar-refractivity contribution in [3.8, 4) is 11.8 Å². The molecule has 0 aliphatic carbocycles. The number of carbonyl (C=O) groups excluding carboxylic acids is 2. The van der Waals surface area contributed by atoms with Crippen molar-refractivity contribution < 1.29 is 14.3 Å². The van der Waals surface area contributed by atoms with Crippen molar-refractivity contribution in [2.24, 2.45) is 0 Å². The third-order valence-corrected chi connectivity index (χ3v) is 5.17. The van der Waals surface area contributed by atoms with Gasteiger partial charge in [-0.05, 0) is 35.7 Å². The van der Waals surface area contributed by atoms with Crippen LogP contribution in [0.4, 0.5) is 0 Å². The number of rotatable bonds is 9. The Kier molecular flexibility index (Phi) is 8.00. The summed E-state index contributed by atoms with van der Waals surface area (Å²) in [6.45, 7) is 2.59. The molecular weight excluding hydrogens is 444 g/mol. The van der Waals surface area contributed by atoms with E-state index in [0.29, 0.717) is 28.4 Å². The Morgan fingerprint density at radius 2 is 1.97 bits per heavy atom. The fourth-order valence-electron chi connectivity index (χ4n) is 3.08. The van der Waals surface area contributed by atoms with Crippen LogP contribution < -0.4 is 15.4 Å². The number of methoxy groups -OCH3 is 1. The van der Waals surface area contributed by atoms with E-state index in [2.05, 4.69) is 27.0 Å². The summed E-state index contributed by atoms with van der Waals surface area (Å²) in [5.74, 6) is -0.467. The maximum absolute atomic E-state index is 12.5. The fraction of sp³-hybridized carbons (Fsp3) is 0.261. The summed E-state index contributed by atoms with van der Waals surface area (Å²) in [5, 5.41) is 23.1. The minimum absolute atomic E-state index is 0.0751. The van der Waals surface area contributed by atoms with Gasteiger partial charge in [-0.25, -0.2) is 4.68 Å². The van der Waals surface area contributed by atoms with Gasteiger partial charge in [0.05, 0.1) is 31.5 Å². The molecule has 1 aromatic heterocycles. The lowest BCUT2D eigenvalue weighted by Gasteiger charge is -2.11. The number of nitrogens with zero attached hydrogens (tertiary/aromatic N) is 4. The van der Waals surface area contributed by atoms with Gasteiger partial charge in [0.1, 0.15) is 11.8 Å². The standard InChI is InChI=1S/C23H23ClN6O3/c1-3-15-4-6-16(7-5-15)19(13-25)27-23(32)20-14-30(29-28-20)11-10-26-22(31)18-9-8-17(24)12-21(18)33-2/h4-9,12,14,19H,3,10-11H2,1-2H3,(H,26,31)(H,27,32). The van der Waals surface area contributed by atoms with E-state index in [1.165, 1.54) is 18.0 Å². The van der Waals surface area contributed by atoms with Crippen LogP contribution in [-0.4, -0.2) is 40.5 Å². The van der Waals surface area contributed by atoms with Crippen LogP contribution in [0.15, 0.2) is 48.7 Å². The molecule has 0 aliphatic rings. The van der Waals surface area contributed by atoms with Crippen molar-refractivity contribution in [3.05, 3.63) is 76.1 Å². The minimum atomic E-state index is -0.804. The third kappa shape index (κ3) is 6.08. The van der Waals surface area contributed by atoms with Crippen LogP contribution in [0.3, 0.4) is 0 Å². The van der Waals surface area contributed by atoms with E-state index in [0.717, 1.165) is 12.0 Å². The predicted octanol–water partition coefficient (Wildman–Crippen LogP) is 2.93. The van der Waals surface area contributed by atoms with Crippen LogP contribution in [0.2, 0.25) is 5.02 Å². The van der Waals surface area contributed by atoms with E-state index in [1.54, 1.807) is 18.2 Å². The van der Waals surface area contributed by atoms with Crippen molar-refractivity contribution in [1.82, 2.24) is 25.6 Å². The second-order valence-electron chi connectivity index (χ2n) is 7.10. The molecule has 3 rings (SSSR count). The topological polar surface area (TPSA) is 122 Å². The molecule has 0 fully saturated rings. The molecule has 0 spiro atoms. The maximum atomic E-state index is 12.5. The number of aryl methyl sites for hydroxylation is 1. The van der Waals surface area contributed by atoms with Crippen molar-refractivity contribution >= 4 is 23.4 Å². The van der Waals surface area contributed by atoms with E-state index < -0.39 is 11.9 Å². The Morgan fingerprint density at radius 1 is 1.21 bits per heavy atom. The highest BCUT2D eigenvalue weighted by atomic mass is 35.5. The number of hydrogen-bond acceptors (Lipinski definition) is 6. The lowest BCUT2D eigenvalue weighted by molar-refractivity contribution is 0.0934. The van der Waals surface area contributed by atoms with Crippen molar-refractivity contribution in [2.45, 2.75) is 25.9 Å². The molecule has 0 bridgehead atoms. The van der Waals surface area contributed by atoms with E-state index in [-0.39, 0.29) is 18.1 Å². The van der Waals surface area contributed by atoms with Crippen molar-refractivity contribution in [2.75, 3.05) is 13.7 Å². The highest BCUT2D eigenvalue weighted by Crippen LogP contribution is 2.22. The zero-order chi connectivity index (χ0) is 23.8. The van der Waals surface area contributed by atoms with Gasteiger partial charge in [0.15, 0.2) is 5.69 Å². The van der Waals surface area contributed by atoms with Gasteiger partial charge in [0.25, 0.3) is 11.8 Å². The largest absolute Gasteiger partial charge is 0.496 e. The Morgan fingerprint density at radius 3 is 2.64 bits per heavy atom. The van der Waals surface area contributed by atoms with Crippen LogP contribution in [-0.2, 0) is 13.0 Å². The summed E-state index contributed by atoms with van der Waals surface area (Å²) < 4.78 is 6.62. The molecule has 1 heterocycles. The Hall–Kier alpha value is -3.90. The quantitative estimate of drug-likeness (QED) is 0.500. The first-order valence-electron chi connectivity index (χ1n) is 10.3. The first-order chi connectivity index (χ1) is 15.9. The monoisotopic (exact) mass is 466 g/mol. The molecule has 1 atom stereocenters. The molecule has 0 radical (unpaired) electrons. The minimum Gasteiger partial charge on any atom is -0.496 e. The number of ether oxygens (including phenoxy) is 1. The Bertz CT molecular complexity index is 1170. The van der Waals surface area contributed by atoms with E-state index in [1.807, 2.05) is 31.2 Å². The Balaban J connectivity index is 1.55. The molecule has 10 heteroatoms. The summed E-state index contributed by atoms with van der Waals surface area (Å²) in [7, 11) is 1.46. The molecule has 3 aromatic rings. The van der Waals surface area contributed by atoms with Gasteiger partial charge < -0.3 is 15.4 Å². The van der Waals surface area contributed by atoms with Crippen molar-refractivity contribution in [3.63, 3.8) is 0 Å². The zero-order valence-electron chi connectivity index (χ0n) is 18.2. The van der Waals surface area contributed by atoms with Gasteiger partial charge in [0.2, 0.25) is 0 Å². The maximum Gasteiger partial charge on any atom is 0.274 e. The predicted molar refractivity (Wildman–Crippen MR) is 122 cm³/mol. The molecule has 2 amide bonds. The normalized spacial score (nSPS) is 11.3. The molecule has 0 aliphatic heterocycles. The second-order valence-corrected chi connectivity index (χ2v) is 7.53. The van der Waals surface area contributed by atoms with Gasteiger partial charge >= 0.3 is 0 Å². The summed E-state index contributed by atoms with van der Waals surface area (Å²) in [4.78, 5) is 24.9. The summed E-state index contributed by atoms with van der Waals surface area (Å²) in [6, 6.07) is 13.5. The van der Waals surface area contributed by atoms with Gasteiger partial charge in [-0.15, -0.1) is 5.10 Å². The van der Waals surface area contributed by atoms with Gasteiger partial charge in [-0.1, -0.05) is 48.0 Å². The first-order valence-corrected chi connectivity index (χ1v) is 10.6. The second kappa shape index (κ2) is 11.1. The zero-order valence-corrected chi connectivity index (χ0v) is 19.0. The van der Waals surface area contributed by atoms with Gasteiger partial charge in [-0.2, -0.15) is 5.26 Å². The molecule has 2 aromatic carbocycles.